The highest BCUT2D eigenvalue weighted by molar-refractivity contribution is 5.99. The Morgan fingerprint density at radius 3 is 2.43 bits per heavy atom. The smallest absolute Gasteiger partial charge is 0.268 e. The van der Waals surface area contributed by atoms with Gasteiger partial charge in [0.1, 0.15) is 5.75 Å². The summed E-state index contributed by atoms with van der Waals surface area (Å²) in [5, 5.41) is 0. The van der Waals surface area contributed by atoms with Crippen molar-refractivity contribution in [3.05, 3.63) is 59.2 Å². The number of nitrogens with zero attached hydrogens (tertiary/aromatic N) is 1. The van der Waals surface area contributed by atoms with E-state index in [-0.39, 0.29) is 5.91 Å². The average molecular weight is 281 g/mol. The Bertz CT molecular complexity index is 676. The zero-order valence-corrected chi connectivity index (χ0v) is 12.6. The van der Waals surface area contributed by atoms with Crippen LogP contribution < -0.4 is 9.64 Å². The van der Waals surface area contributed by atoms with E-state index in [4.69, 9.17) is 4.74 Å². The van der Waals surface area contributed by atoms with Crippen molar-refractivity contribution in [2.24, 2.45) is 0 Å². The van der Waals surface area contributed by atoms with Crippen LogP contribution >= 0.6 is 0 Å². The fourth-order valence-electron chi connectivity index (χ4n) is 2.56. The number of aryl methyl sites for hydroxylation is 2. The highest BCUT2D eigenvalue weighted by Gasteiger charge is 2.31. The van der Waals surface area contributed by atoms with Crippen LogP contribution in [0.5, 0.6) is 5.75 Å². The molecule has 3 nitrogen and oxygen atoms in total. The number of carbonyl (C=O) groups is 1. The van der Waals surface area contributed by atoms with Crippen molar-refractivity contribution < 1.29 is 9.53 Å². The lowest BCUT2D eigenvalue weighted by molar-refractivity contribution is -0.125. The molecule has 0 radical (unpaired) electrons. The van der Waals surface area contributed by atoms with E-state index in [0.717, 1.165) is 22.6 Å². The van der Waals surface area contributed by atoms with Crippen LogP contribution in [-0.4, -0.2) is 12.0 Å². The van der Waals surface area contributed by atoms with Crippen LogP contribution in [0.15, 0.2) is 42.5 Å². The summed E-state index contributed by atoms with van der Waals surface area (Å²) in [4.78, 5) is 14.3. The largest absolute Gasteiger partial charge is 0.479 e. The zero-order valence-electron chi connectivity index (χ0n) is 12.6. The lowest BCUT2D eigenvalue weighted by atomic mass is 10.1. The SMILES string of the molecule is Cc1ccc(CN2C(=O)[C@@H](C)Oc3ccc(C)cc32)cc1. The van der Waals surface area contributed by atoms with Crippen LogP contribution in [0.25, 0.3) is 0 Å². The lowest BCUT2D eigenvalue weighted by Gasteiger charge is -2.33. The monoisotopic (exact) mass is 281 g/mol. The molecule has 0 aromatic heterocycles. The summed E-state index contributed by atoms with van der Waals surface area (Å²) >= 11 is 0. The molecule has 0 aliphatic carbocycles. The molecule has 21 heavy (non-hydrogen) atoms. The number of amides is 1. The summed E-state index contributed by atoms with van der Waals surface area (Å²) in [6.45, 7) is 6.45. The van der Waals surface area contributed by atoms with Crippen LogP contribution in [-0.2, 0) is 11.3 Å². The maximum absolute atomic E-state index is 12.5. The van der Waals surface area contributed by atoms with Gasteiger partial charge in [0, 0.05) is 0 Å². The molecular formula is C18H19NO2. The molecule has 0 fully saturated rings. The van der Waals surface area contributed by atoms with E-state index in [1.165, 1.54) is 5.56 Å². The summed E-state index contributed by atoms with van der Waals surface area (Å²) in [5.74, 6) is 0.786. The first-order valence-electron chi connectivity index (χ1n) is 7.19. The maximum Gasteiger partial charge on any atom is 0.268 e. The molecule has 1 heterocycles. The summed E-state index contributed by atoms with van der Waals surface area (Å²) in [6, 6.07) is 14.2. The van der Waals surface area contributed by atoms with Crippen molar-refractivity contribution in [3.63, 3.8) is 0 Å². The summed E-state index contributed by atoms with van der Waals surface area (Å²) in [6.07, 6.45) is -0.439. The van der Waals surface area contributed by atoms with Crippen molar-refractivity contribution in [2.75, 3.05) is 4.90 Å². The summed E-state index contributed by atoms with van der Waals surface area (Å²) in [7, 11) is 0. The number of hydrogen-bond acceptors (Lipinski definition) is 2. The fourth-order valence-corrected chi connectivity index (χ4v) is 2.56. The third-order valence-electron chi connectivity index (χ3n) is 3.78. The quantitative estimate of drug-likeness (QED) is 0.841. The van der Waals surface area contributed by atoms with Crippen LogP contribution in [0.1, 0.15) is 23.6 Å². The van der Waals surface area contributed by atoms with E-state index >= 15 is 0 Å². The van der Waals surface area contributed by atoms with Crippen molar-refractivity contribution in [2.45, 2.75) is 33.4 Å². The molecule has 0 N–H and O–H groups in total. The molecule has 0 spiro atoms. The van der Waals surface area contributed by atoms with Gasteiger partial charge in [-0.3, -0.25) is 4.79 Å². The van der Waals surface area contributed by atoms with E-state index < -0.39 is 6.10 Å². The second-order valence-electron chi connectivity index (χ2n) is 5.64. The van der Waals surface area contributed by atoms with E-state index in [0.29, 0.717) is 6.54 Å². The van der Waals surface area contributed by atoms with E-state index in [2.05, 4.69) is 31.2 Å². The molecule has 0 saturated carbocycles. The molecule has 3 rings (SSSR count). The van der Waals surface area contributed by atoms with Gasteiger partial charge in [0.15, 0.2) is 6.10 Å². The standard InChI is InChI=1S/C18H19NO2/c1-12-4-7-15(8-5-12)11-19-16-10-13(2)6-9-17(16)21-14(3)18(19)20/h4-10,14H,11H2,1-3H3/t14-/m1/s1. The second-order valence-corrected chi connectivity index (χ2v) is 5.64. The highest BCUT2D eigenvalue weighted by atomic mass is 16.5. The Labute approximate surface area is 125 Å². The van der Waals surface area contributed by atoms with Crippen molar-refractivity contribution in [1.29, 1.82) is 0 Å². The molecule has 0 bridgehead atoms. The minimum atomic E-state index is -0.439. The average Bonchev–Trinajstić information content (AvgIpc) is 2.47. The molecule has 3 heteroatoms. The molecular weight excluding hydrogens is 262 g/mol. The molecule has 0 saturated heterocycles. The predicted octanol–water partition coefficient (Wildman–Crippen LogP) is 3.62. The lowest BCUT2D eigenvalue weighted by Crippen LogP contribution is -2.44. The van der Waals surface area contributed by atoms with Gasteiger partial charge in [0.25, 0.3) is 5.91 Å². The van der Waals surface area contributed by atoms with Gasteiger partial charge >= 0.3 is 0 Å². The number of benzene rings is 2. The van der Waals surface area contributed by atoms with Gasteiger partial charge in [0.05, 0.1) is 12.2 Å². The van der Waals surface area contributed by atoms with Gasteiger partial charge in [0.2, 0.25) is 0 Å². The normalized spacial score (nSPS) is 17.4. The maximum atomic E-state index is 12.5. The molecule has 1 atom stereocenters. The fraction of sp³-hybridized carbons (Fsp3) is 0.278. The number of hydrogen-bond donors (Lipinski definition) is 0. The zero-order chi connectivity index (χ0) is 15.0. The van der Waals surface area contributed by atoms with Gasteiger partial charge in [-0.05, 0) is 44.0 Å². The van der Waals surface area contributed by atoms with Gasteiger partial charge in [-0.25, -0.2) is 0 Å². The Morgan fingerprint density at radius 1 is 1.05 bits per heavy atom. The van der Waals surface area contributed by atoms with Crippen LogP contribution in [0, 0.1) is 13.8 Å². The molecule has 1 amide bonds. The Morgan fingerprint density at radius 2 is 1.71 bits per heavy atom. The number of fused-ring (bicyclic) bond motifs is 1. The second kappa shape index (κ2) is 5.24. The molecule has 2 aromatic rings. The van der Waals surface area contributed by atoms with Gasteiger partial charge in [-0.1, -0.05) is 35.9 Å². The topological polar surface area (TPSA) is 29.5 Å². The van der Waals surface area contributed by atoms with E-state index in [1.807, 2.05) is 30.0 Å². The number of anilines is 1. The summed E-state index contributed by atoms with van der Waals surface area (Å²) in [5.41, 5.74) is 4.32. The van der Waals surface area contributed by atoms with Gasteiger partial charge in [-0.2, -0.15) is 0 Å². The molecule has 1 aliphatic rings. The highest BCUT2D eigenvalue weighted by Crippen LogP contribution is 2.35. The molecule has 0 unspecified atom stereocenters. The van der Waals surface area contributed by atoms with Crippen LogP contribution in [0.2, 0.25) is 0 Å². The van der Waals surface area contributed by atoms with Gasteiger partial charge < -0.3 is 9.64 Å². The van der Waals surface area contributed by atoms with Gasteiger partial charge in [-0.15, -0.1) is 0 Å². The van der Waals surface area contributed by atoms with E-state index in [1.54, 1.807) is 6.92 Å². The number of ether oxygens (including phenoxy) is 1. The third kappa shape index (κ3) is 2.64. The van der Waals surface area contributed by atoms with Crippen molar-refractivity contribution in [3.8, 4) is 5.75 Å². The minimum absolute atomic E-state index is 0.00803. The third-order valence-corrected chi connectivity index (χ3v) is 3.78. The Kier molecular flexibility index (Phi) is 3.42. The van der Waals surface area contributed by atoms with Crippen LogP contribution in [0.3, 0.4) is 0 Å². The first-order chi connectivity index (χ1) is 10.0. The van der Waals surface area contributed by atoms with Crippen molar-refractivity contribution >= 4 is 11.6 Å². The molecule has 108 valence electrons. The van der Waals surface area contributed by atoms with Crippen molar-refractivity contribution in [1.82, 2.24) is 0 Å². The molecule has 1 aliphatic heterocycles. The number of carbonyl (C=O) groups excluding carboxylic acids is 1. The first-order valence-corrected chi connectivity index (χ1v) is 7.19. The van der Waals surface area contributed by atoms with Crippen LogP contribution in [0.4, 0.5) is 5.69 Å². The first kappa shape index (κ1) is 13.7. The molecule has 2 aromatic carbocycles. The minimum Gasteiger partial charge on any atom is -0.479 e. The summed E-state index contributed by atoms with van der Waals surface area (Å²) < 4.78 is 5.69. The predicted molar refractivity (Wildman–Crippen MR) is 83.6 cm³/mol. The number of rotatable bonds is 2. The Hall–Kier alpha value is -2.29. The Balaban J connectivity index is 1.98. The van der Waals surface area contributed by atoms with E-state index in [9.17, 15) is 4.79 Å².